The van der Waals surface area contributed by atoms with E-state index in [-0.39, 0.29) is 11.8 Å². The quantitative estimate of drug-likeness (QED) is 0.880. The van der Waals surface area contributed by atoms with Gasteiger partial charge in [0.1, 0.15) is 5.66 Å². The largest absolute Gasteiger partial charge is 0.365 e. The Balaban J connectivity index is 2.21. The first-order valence-electron chi connectivity index (χ1n) is 6.54. The van der Waals surface area contributed by atoms with Crippen molar-refractivity contribution >= 4 is 5.91 Å². The second kappa shape index (κ2) is 6.07. The molecule has 4 heteroatoms. The van der Waals surface area contributed by atoms with Crippen LogP contribution in [0.5, 0.6) is 0 Å². The second-order valence-electron chi connectivity index (χ2n) is 4.82. The van der Waals surface area contributed by atoms with Gasteiger partial charge >= 0.3 is 0 Å². The first kappa shape index (κ1) is 13.9. The number of carbonyl (C=O) groups is 1. The SMILES string of the molecule is CC(CC#N)C1(NC(=O)c2ccccc2)C=CC=CN1. The third-order valence-electron chi connectivity index (χ3n) is 3.42. The fourth-order valence-corrected chi connectivity index (χ4v) is 2.15. The van der Waals surface area contributed by atoms with Crippen LogP contribution in [0, 0.1) is 17.2 Å². The van der Waals surface area contributed by atoms with Crippen LogP contribution in [0.4, 0.5) is 0 Å². The van der Waals surface area contributed by atoms with E-state index in [9.17, 15) is 4.79 Å². The Kier molecular flexibility index (Phi) is 4.21. The van der Waals surface area contributed by atoms with Gasteiger partial charge in [-0.3, -0.25) is 4.79 Å². The molecule has 2 atom stereocenters. The Bertz CT molecular complexity index is 571. The summed E-state index contributed by atoms with van der Waals surface area (Å²) in [6.45, 7) is 1.94. The fraction of sp³-hybridized carbons (Fsp3) is 0.250. The van der Waals surface area contributed by atoms with Crippen LogP contribution in [-0.4, -0.2) is 11.6 Å². The minimum atomic E-state index is -0.725. The van der Waals surface area contributed by atoms with Gasteiger partial charge in [-0.1, -0.05) is 31.2 Å². The van der Waals surface area contributed by atoms with Crippen LogP contribution in [-0.2, 0) is 0 Å². The third-order valence-corrected chi connectivity index (χ3v) is 3.42. The molecule has 1 aliphatic rings. The topological polar surface area (TPSA) is 64.9 Å². The number of nitrogens with zero attached hydrogens (tertiary/aromatic N) is 1. The maximum atomic E-state index is 12.3. The molecule has 1 aromatic rings. The summed E-state index contributed by atoms with van der Waals surface area (Å²) in [5, 5.41) is 15.1. The lowest BCUT2D eigenvalue weighted by atomic mass is 9.89. The molecule has 0 saturated carbocycles. The first-order valence-corrected chi connectivity index (χ1v) is 6.54. The van der Waals surface area contributed by atoms with E-state index in [0.717, 1.165) is 0 Å². The van der Waals surface area contributed by atoms with Crippen molar-refractivity contribution in [3.05, 3.63) is 60.3 Å². The monoisotopic (exact) mass is 267 g/mol. The van der Waals surface area contributed by atoms with Crippen LogP contribution < -0.4 is 10.6 Å². The molecule has 20 heavy (non-hydrogen) atoms. The lowest BCUT2D eigenvalue weighted by molar-refractivity contribution is 0.0877. The molecule has 0 spiro atoms. The van der Waals surface area contributed by atoms with Gasteiger partial charge in [0, 0.05) is 17.9 Å². The summed E-state index contributed by atoms with van der Waals surface area (Å²) >= 11 is 0. The van der Waals surface area contributed by atoms with E-state index in [0.29, 0.717) is 12.0 Å². The smallest absolute Gasteiger partial charge is 0.253 e. The van der Waals surface area contributed by atoms with Crippen molar-refractivity contribution in [3.8, 4) is 6.07 Å². The minimum Gasteiger partial charge on any atom is -0.365 e. The molecule has 1 aromatic carbocycles. The van der Waals surface area contributed by atoms with E-state index in [1.165, 1.54) is 0 Å². The summed E-state index contributed by atoms with van der Waals surface area (Å²) in [4.78, 5) is 12.3. The molecule has 2 unspecified atom stereocenters. The van der Waals surface area contributed by atoms with Crippen LogP contribution in [0.3, 0.4) is 0 Å². The van der Waals surface area contributed by atoms with E-state index in [1.807, 2.05) is 43.4 Å². The Morgan fingerprint density at radius 3 is 2.75 bits per heavy atom. The molecule has 4 nitrogen and oxygen atoms in total. The number of hydrogen-bond donors (Lipinski definition) is 2. The summed E-state index contributed by atoms with van der Waals surface area (Å²) in [5.41, 5.74) is -0.127. The molecule has 2 N–H and O–H groups in total. The predicted molar refractivity (Wildman–Crippen MR) is 77.4 cm³/mol. The number of nitriles is 1. The zero-order valence-corrected chi connectivity index (χ0v) is 11.3. The molecular weight excluding hydrogens is 250 g/mol. The van der Waals surface area contributed by atoms with E-state index in [4.69, 9.17) is 5.26 Å². The van der Waals surface area contributed by atoms with Gasteiger partial charge < -0.3 is 10.6 Å². The molecule has 2 rings (SSSR count). The van der Waals surface area contributed by atoms with Crippen molar-refractivity contribution in [1.29, 1.82) is 5.26 Å². The number of rotatable bonds is 4. The van der Waals surface area contributed by atoms with Crippen molar-refractivity contribution in [2.75, 3.05) is 0 Å². The van der Waals surface area contributed by atoms with E-state index >= 15 is 0 Å². The summed E-state index contributed by atoms with van der Waals surface area (Å²) in [5.74, 6) is -0.218. The summed E-state index contributed by atoms with van der Waals surface area (Å²) in [7, 11) is 0. The molecule has 0 radical (unpaired) electrons. The van der Waals surface area contributed by atoms with E-state index in [1.54, 1.807) is 18.3 Å². The van der Waals surface area contributed by atoms with Gasteiger partial charge in [0.2, 0.25) is 0 Å². The van der Waals surface area contributed by atoms with Crippen molar-refractivity contribution in [2.45, 2.75) is 19.0 Å². The second-order valence-corrected chi connectivity index (χ2v) is 4.82. The normalized spacial score (nSPS) is 21.6. The maximum absolute atomic E-state index is 12.3. The lowest BCUT2D eigenvalue weighted by Crippen LogP contribution is -2.60. The average molecular weight is 267 g/mol. The number of nitrogens with one attached hydrogen (secondary N) is 2. The Labute approximate surface area is 118 Å². The number of hydrogen-bond acceptors (Lipinski definition) is 3. The van der Waals surface area contributed by atoms with Crippen LogP contribution in [0.2, 0.25) is 0 Å². The summed E-state index contributed by atoms with van der Waals surface area (Å²) in [6, 6.07) is 11.2. The average Bonchev–Trinajstić information content (AvgIpc) is 2.49. The number of allylic oxidation sites excluding steroid dienone is 2. The van der Waals surface area contributed by atoms with Crippen LogP contribution in [0.1, 0.15) is 23.7 Å². The molecule has 0 fully saturated rings. The highest BCUT2D eigenvalue weighted by atomic mass is 16.2. The van der Waals surface area contributed by atoms with Gasteiger partial charge in [0.25, 0.3) is 5.91 Å². The van der Waals surface area contributed by atoms with E-state index in [2.05, 4.69) is 16.7 Å². The Morgan fingerprint density at radius 1 is 1.40 bits per heavy atom. The molecule has 0 aromatic heterocycles. The standard InChI is InChI=1S/C16H17N3O/c1-13(9-11-17)16(10-5-6-12-18-16)19-15(20)14-7-3-2-4-8-14/h2-8,10,12-13,18H,9H2,1H3,(H,19,20). The molecule has 1 heterocycles. The fourth-order valence-electron chi connectivity index (χ4n) is 2.15. The molecule has 1 amide bonds. The highest BCUT2D eigenvalue weighted by Crippen LogP contribution is 2.22. The molecule has 0 aliphatic carbocycles. The zero-order chi connectivity index (χ0) is 14.4. The van der Waals surface area contributed by atoms with E-state index < -0.39 is 5.66 Å². The lowest BCUT2D eigenvalue weighted by Gasteiger charge is -2.38. The zero-order valence-electron chi connectivity index (χ0n) is 11.3. The molecular formula is C16H17N3O. The van der Waals surface area contributed by atoms with Crippen LogP contribution in [0.15, 0.2) is 54.8 Å². The van der Waals surface area contributed by atoms with Crippen LogP contribution >= 0.6 is 0 Å². The predicted octanol–water partition coefficient (Wildman–Crippen LogP) is 2.34. The highest BCUT2D eigenvalue weighted by Gasteiger charge is 2.35. The summed E-state index contributed by atoms with van der Waals surface area (Å²) < 4.78 is 0. The Hall–Kier alpha value is -2.54. The van der Waals surface area contributed by atoms with Crippen molar-refractivity contribution in [3.63, 3.8) is 0 Å². The summed E-state index contributed by atoms with van der Waals surface area (Å²) in [6.07, 6.45) is 7.73. The number of dihydropyridines is 1. The molecule has 102 valence electrons. The van der Waals surface area contributed by atoms with Crippen molar-refractivity contribution in [1.82, 2.24) is 10.6 Å². The maximum Gasteiger partial charge on any atom is 0.253 e. The van der Waals surface area contributed by atoms with Gasteiger partial charge in [-0.2, -0.15) is 5.26 Å². The molecule has 0 saturated heterocycles. The van der Waals surface area contributed by atoms with Crippen molar-refractivity contribution < 1.29 is 4.79 Å². The van der Waals surface area contributed by atoms with Gasteiger partial charge in [-0.05, 0) is 30.5 Å². The third kappa shape index (κ3) is 2.89. The number of amides is 1. The van der Waals surface area contributed by atoms with Gasteiger partial charge in [-0.15, -0.1) is 0 Å². The molecule has 0 bridgehead atoms. The van der Waals surface area contributed by atoms with Crippen LogP contribution in [0.25, 0.3) is 0 Å². The first-order chi connectivity index (χ1) is 9.68. The van der Waals surface area contributed by atoms with Crippen molar-refractivity contribution in [2.24, 2.45) is 5.92 Å². The highest BCUT2D eigenvalue weighted by molar-refractivity contribution is 5.94. The van der Waals surface area contributed by atoms with Gasteiger partial charge in [-0.25, -0.2) is 0 Å². The number of benzene rings is 1. The minimum absolute atomic E-state index is 0.0543. The van der Waals surface area contributed by atoms with Gasteiger partial charge in [0.15, 0.2) is 0 Å². The molecule has 1 aliphatic heterocycles. The Morgan fingerprint density at radius 2 is 2.15 bits per heavy atom. The number of carbonyl (C=O) groups excluding carboxylic acids is 1. The van der Waals surface area contributed by atoms with Gasteiger partial charge in [0.05, 0.1) is 6.07 Å².